The minimum absolute atomic E-state index is 0.569. The average Bonchev–Trinajstić information content (AvgIpc) is 2.50. The van der Waals surface area contributed by atoms with Crippen molar-refractivity contribution in [3.05, 3.63) is 24.5 Å². The highest BCUT2D eigenvalue weighted by atomic mass is 16.5. The molecule has 2 heterocycles. The Morgan fingerprint density at radius 1 is 1.41 bits per heavy atom. The maximum absolute atomic E-state index is 5.65. The van der Waals surface area contributed by atoms with Gasteiger partial charge in [-0.1, -0.05) is 13.8 Å². The summed E-state index contributed by atoms with van der Waals surface area (Å²) in [7, 11) is 0. The van der Waals surface area contributed by atoms with Crippen LogP contribution in [0.4, 0.5) is 0 Å². The number of likely N-dealkylation sites (tertiary alicyclic amines) is 1. The number of rotatable bonds is 5. The van der Waals surface area contributed by atoms with E-state index in [-0.39, 0.29) is 0 Å². The lowest BCUT2D eigenvalue weighted by Crippen LogP contribution is -2.48. The first-order valence-corrected chi connectivity index (χ1v) is 8.25. The maximum atomic E-state index is 5.65. The molecule has 1 aliphatic heterocycles. The number of piperidine rings is 1. The highest BCUT2D eigenvalue weighted by Crippen LogP contribution is 2.20. The van der Waals surface area contributed by atoms with Gasteiger partial charge in [0.1, 0.15) is 12.4 Å². The zero-order valence-electron chi connectivity index (χ0n) is 14.0. The molecule has 0 radical (unpaired) electrons. The molecule has 22 heavy (non-hydrogen) atoms. The summed E-state index contributed by atoms with van der Waals surface area (Å²) in [5, 5.41) is 3.40. The van der Waals surface area contributed by atoms with E-state index >= 15 is 0 Å². The third kappa shape index (κ3) is 5.20. The van der Waals surface area contributed by atoms with Crippen molar-refractivity contribution in [2.75, 3.05) is 32.8 Å². The van der Waals surface area contributed by atoms with Crippen LogP contribution in [0.5, 0.6) is 5.75 Å². The molecule has 0 amide bonds. The second-order valence-corrected chi connectivity index (χ2v) is 6.12. The molecule has 0 spiro atoms. The molecule has 5 nitrogen and oxygen atoms in total. The topological polar surface area (TPSA) is 49.8 Å². The highest BCUT2D eigenvalue weighted by molar-refractivity contribution is 5.80. The standard InChI is InChI=1S/C17H28N4O/c1-4-19-17(21-12-14(2)10-15(3)13-21)20-8-9-22-16-6-5-7-18-11-16/h5-7,11,14-15H,4,8-10,12-13H2,1-3H3,(H,19,20). The van der Waals surface area contributed by atoms with Crippen molar-refractivity contribution < 1.29 is 4.74 Å². The van der Waals surface area contributed by atoms with E-state index < -0.39 is 0 Å². The molecule has 2 rings (SSSR count). The van der Waals surface area contributed by atoms with Gasteiger partial charge in [-0.15, -0.1) is 0 Å². The fourth-order valence-electron chi connectivity index (χ4n) is 3.01. The normalized spacial score (nSPS) is 22.5. The molecule has 0 saturated carbocycles. The number of guanidine groups is 1. The molecule has 1 aromatic heterocycles. The van der Waals surface area contributed by atoms with Crippen molar-refractivity contribution in [3.63, 3.8) is 0 Å². The van der Waals surface area contributed by atoms with Crippen LogP contribution in [-0.2, 0) is 0 Å². The molecular formula is C17H28N4O. The largest absolute Gasteiger partial charge is 0.490 e. The molecular weight excluding hydrogens is 276 g/mol. The summed E-state index contributed by atoms with van der Waals surface area (Å²) in [5.74, 6) is 3.25. The molecule has 122 valence electrons. The smallest absolute Gasteiger partial charge is 0.194 e. The summed E-state index contributed by atoms with van der Waals surface area (Å²) in [4.78, 5) is 11.1. The molecule has 1 N–H and O–H groups in total. The van der Waals surface area contributed by atoms with E-state index in [0.29, 0.717) is 13.2 Å². The van der Waals surface area contributed by atoms with Crippen molar-refractivity contribution in [1.29, 1.82) is 0 Å². The van der Waals surface area contributed by atoms with Gasteiger partial charge in [0, 0.05) is 25.8 Å². The first kappa shape index (κ1) is 16.6. The number of hydrogen-bond acceptors (Lipinski definition) is 3. The number of pyridine rings is 1. The first-order valence-electron chi connectivity index (χ1n) is 8.25. The van der Waals surface area contributed by atoms with Crippen LogP contribution in [0.1, 0.15) is 27.2 Å². The molecule has 0 aromatic carbocycles. The van der Waals surface area contributed by atoms with Crippen LogP contribution >= 0.6 is 0 Å². The predicted octanol–water partition coefficient (Wildman–Crippen LogP) is 2.40. The van der Waals surface area contributed by atoms with E-state index in [1.807, 2.05) is 12.1 Å². The van der Waals surface area contributed by atoms with Crippen molar-refractivity contribution in [3.8, 4) is 5.75 Å². The molecule has 5 heteroatoms. The van der Waals surface area contributed by atoms with Gasteiger partial charge in [0.2, 0.25) is 0 Å². The van der Waals surface area contributed by atoms with Gasteiger partial charge in [-0.05, 0) is 37.3 Å². The van der Waals surface area contributed by atoms with Gasteiger partial charge in [-0.25, -0.2) is 4.99 Å². The lowest BCUT2D eigenvalue weighted by molar-refractivity contribution is 0.208. The van der Waals surface area contributed by atoms with Crippen LogP contribution in [0.15, 0.2) is 29.5 Å². The van der Waals surface area contributed by atoms with Gasteiger partial charge in [0.05, 0.1) is 12.7 Å². The van der Waals surface area contributed by atoms with E-state index in [1.54, 1.807) is 12.4 Å². The molecule has 2 unspecified atom stereocenters. The zero-order chi connectivity index (χ0) is 15.8. The molecule has 2 atom stereocenters. The van der Waals surface area contributed by atoms with Crippen molar-refractivity contribution in [1.82, 2.24) is 15.2 Å². The van der Waals surface area contributed by atoms with Gasteiger partial charge in [-0.2, -0.15) is 0 Å². The summed E-state index contributed by atoms with van der Waals surface area (Å²) in [6, 6.07) is 3.79. The Balaban J connectivity index is 1.86. The Hall–Kier alpha value is -1.78. The Morgan fingerprint density at radius 2 is 2.18 bits per heavy atom. The summed E-state index contributed by atoms with van der Waals surface area (Å²) in [5.41, 5.74) is 0. The quantitative estimate of drug-likeness (QED) is 0.515. The van der Waals surface area contributed by atoms with Crippen LogP contribution in [0.3, 0.4) is 0 Å². The van der Waals surface area contributed by atoms with Crippen LogP contribution in [0.2, 0.25) is 0 Å². The van der Waals surface area contributed by atoms with Crippen LogP contribution in [0, 0.1) is 11.8 Å². The number of nitrogens with zero attached hydrogens (tertiary/aromatic N) is 3. The second kappa shape index (κ2) is 8.61. The summed E-state index contributed by atoms with van der Waals surface area (Å²) in [6.45, 7) is 11.0. The highest BCUT2D eigenvalue weighted by Gasteiger charge is 2.23. The lowest BCUT2D eigenvalue weighted by atomic mass is 9.92. The van der Waals surface area contributed by atoms with Gasteiger partial charge in [0.25, 0.3) is 0 Å². The monoisotopic (exact) mass is 304 g/mol. The molecule has 1 fully saturated rings. The van der Waals surface area contributed by atoms with Crippen molar-refractivity contribution in [2.24, 2.45) is 16.8 Å². The van der Waals surface area contributed by atoms with Gasteiger partial charge >= 0.3 is 0 Å². The molecule has 1 aromatic rings. The van der Waals surface area contributed by atoms with E-state index in [2.05, 4.69) is 36.0 Å². The number of aromatic nitrogens is 1. The average molecular weight is 304 g/mol. The van der Waals surface area contributed by atoms with Crippen LogP contribution in [-0.4, -0.2) is 48.6 Å². The van der Waals surface area contributed by atoms with Crippen molar-refractivity contribution >= 4 is 5.96 Å². The zero-order valence-corrected chi connectivity index (χ0v) is 14.0. The fraction of sp³-hybridized carbons (Fsp3) is 0.647. The van der Waals surface area contributed by atoms with Crippen LogP contribution in [0.25, 0.3) is 0 Å². The van der Waals surface area contributed by atoms with Crippen LogP contribution < -0.4 is 10.1 Å². The Labute approximate surface area is 133 Å². The van der Waals surface area contributed by atoms with Gasteiger partial charge in [-0.3, -0.25) is 4.98 Å². The second-order valence-electron chi connectivity index (χ2n) is 6.12. The molecule has 1 saturated heterocycles. The van der Waals surface area contributed by atoms with Gasteiger partial charge < -0.3 is 15.0 Å². The Morgan fingerprint density at radius 3 is 2.82 bits per heavy atom. The number of ether oxygens (including phenoxy) is 1. The minimum atomic E-state index is 0.569. The predicted molar refractivity (Wildman–Crippen MR) is 90.2 cm³/mol. The third-order valence-electron chi connectivity index (χ3n) is 3.76. The molecule has 1 aliphatic rings. The maximum Gasteiger partial charge on any atom is 0.194 e. The third-order valence-corrected chi connectivity index (χ3v) is 3.76. The minimum Gasteiger partial charge on any atom is -0.490 e. The SMILES string of the molecule is CCNC(=NCCOc1cccnc1)N1CC(C)CC(C)C1. The molecule has 0 bridgehead atoms. The fourth-order valence-corrected chi connectivity index (χ4v) is 3.01. The number of aliphatic imine (C=N–C) groups is 1. The van der Waals surface area contributed by atoms with E-state index in [0.717, 1.165) is 43.2 Å². The Kier molecular flexibility index (Phi) is 6.49. The van der Waals surface area contributed by atoms with E-state index in [9.17, 15) is 0 Å². The van der Waals surface area contributed by atoms with E-state index in [4.69, 9.17) is 9.73 Å². The lowest BCUT2D eigenvalue weighted by Gasteiger charge is -2.37. The van der Waals surface area contributed by atoms with E-state index in [1.165, 1.54) is 6.42 Å². The number of nitrogens with one attached hydrogen (secondary N) is 1. The summed E-state index contributed by atoms with van der Waals surface area (Å²) in [6.07, 6.45) is 4.77. The van der Waals surface area contributed by atoms with Gasteiger partial charge in [0.15, 0.2) is 5.96 Å². The summed E-state index contributed by atoms with van der Waals surface area (Å²) < 4.78 is 5.65. The van der Waals surface area contributed by atoms with Crippen molar-refractivity contribution in [2.45, 2.75) is 27.2 Å². The Bertz CT molecular complexity index is 453. The summed E-state index contributed by atoms with van der Waals surface area (Å²) >= 11 is 0. The number of hydrogen-bond donors (Lipinski definition) is 1. The molecule has 0 aliphatic carbocycles. The first-order chi connectivity index (χ1) is 10.7.